The third kappa shape index (κ3) is 3.33. The van der Waals surface area contributed by atoms with Crippen LogP contribution in [0.1, 0.15) is 24.0 Å². The summed E-state index contributed by atoms with van der Waals surface area (Å²) >= 11 is 0. The first-order valence-corrected chi connectivity index (χ1v) is 9.42. The van der Waals surface area contributed by atoms with E-state index in [1.807, 2.05) is 30.3 Å². The van der Waals surface area contributed by atoms with Crippen molar-refractivity contribution in [3.8, 4) is 17.2 Å². The summed E-state index contributed by atoms with van der Waals surface area (Å²) in [7, 11) is 1.62. The summed E-state index contributed by atoms with van der Waals surface area (Å²) in [6.45, 7) is 4.88. The molecular weight excluding hydrogens is 356 g/mol. The van der Waals surface area contributed by atoms with E-state index in [0.29, 0.717) is 31.8 Å². The minimum atomic E-state index is -0.533. The molecule has 2 fully saturated rings. The Labute approximate surface area is 164 Å². The number of benzene rings is 2. The van der Waals surface area contributed by atoms with E-state index in [4.69, 9.17) is 14.2 Å². The van der Waals surface area contributed by atoms with E-state index in [2.05, 4.69) is 6.58 Å². The molecule has 1 saturated heterocycles. The molecule has 5 heteroatoms. The second-order valence-electron chi connectivity index (χ2n) is 7.70. The van der Waals surface area contributed by atoms with Gasteiger partial charge in [-0.15, -0.1) is 0 Å². The van der Waals surface area contributed by atoms with Crippen LogP contribution in [0.3, 0.4) is 0 Å². The Morgan fingerprint density at radius 3 is 2.68 bits per heavy atom. The highest BCUT2D eigenvalue weighted by Gasteiger charge is 2.55. The molecule has 1 aliphatic carbocycles. The highest BCUT2D eigenvalue weighted by Crippen LogP contribution is 2.52. The van der Waals surface area contributed by atoms with Gasteiger partial charge in [0.05, 0.1) is 19.1 Å². The molecule has 1 heterocycles. The number of esters is 1. The third-order valence-corrected chi connectivity index (χ3v) is 5.80. The topological polar surface area (TPSA) is 65.0 Å². The third-order valence-electron chi connectivity index (χ3n) is 5.80. The first kappa shape index (κ1) is 18.4. The Bertz CT molecular complexity index is 902. The summed E-state index contributed by atoms with van der Waals surface area (Å²) in [5.74, 6) is 1.31. The van der Waals surface area contributed by atoms with E-state index in [-0.39, 0.29) is 17.6 Å². The Morgan fingerprint density at radius 1 is 1.21 bits per heavy atom. The van der Waals surface area contributed by atoms with Crippen molar-refractivity contribution in [2.75, 3.05) is 13.7 Å². The summed E-state index contributed by atoms with van der Waals surface area (Å²) in [6, 6.07) is 12.9. The van der Waals surface area contributed by atoms with Crippen LogP contribution >= 0.6 is 0 Å². The van der Waals surface area contributed by atoms with Gasteiger partial charge in [0.25, 0.3) is 0 Å². The number of cyclic esters (lactones) is 1. The van der Waals surface area contributed by atoms with Crippen LogP contribution in [-0.4, -0.2) is 24.8 Å². The number of allylic oxidation sites excluding steroid dienone is 1. The molecule has 0 amide bonds. The van der Waals surface area contributed by atoms with Crippen molar-refractivity contribution >= 4 is 5.97 Å². The number of carbonyl (C=O) groups excluding carboxylic acids is 1. The highest BCUT2D eigenvalue weighted by molar-refractivity contribution is 5.81. The summed E-state index contributed by atoms with van der Waals surface area (Å²) in [4.78, 5) is 12.4. The molecule has 1 N–H and O–H groups in total. The van der Waals surface area contributed by atoms with Gasteiger partial charge in [-0.25, -0.2) is 0 Å². The molecule has 0 radical (unpaired) electrons. The predicted octanol–water partition coefficient (Wildman–Crippen LogP) is 4.03. The number of ether oxygens (including phenoxy) is 3. The molecule has 1 aliphatic heterocycles. The molecule has 2 aromatic carbocycles. The van der Waals surface area contributed by atoms with Crippen molar-refractivity contribution in [2.45, 2.75) is 25.9 Å². The van der Waals surface area contributed by atoms with Gasteiger partial charge < -0.3 is 19.3 Å². The van der Waals surface area contributed by atoms with Crippen LogP contribution < -0.4 is 9.47 Å². The van der Waals surface area contributed by atoms with Gasteiger partial charge in [0.1, 0.15) is 12.4 Å². The number of carbonyl (C=O) groups is 1. The lowest BCUT2D eigenvalue weighted by molar-refractivity contribution is -0.146. The van der Waals surface area contributed by atoms with Crippen molar-refractivity contribution in [1.29, 1.82) is 0 Å². The number of hydrogen-bond donors (Lipinski definition) is 1. The number of fused-ring (bicyclic) bond motifs is 1. The number of hydrogen-bond acceptors (Lipinski definition) is 5. The van der Waals surface area contributed by atoms with E-state index < -0.39 is 5.41 Å². The van der Waals surface area contributed by atoms with Crippen LogP contribution in [0.2, 0.25) is 0 Å². The maximum absolute atomic E-state index is 12.4. The van der Waals surface area contributed by atoms with Crippen molar-refractivity contribution in [2.24, 2.45) is 11.3 Å². The van der Waals surface area contributed by atoms with Gasteiger partial charge in [0.15, 0.2) is 11.5 Å². The average Bonchev–Trinajstić information content (AvgIpc) is 3.15. The molecule has 0 spiro atoms. The van der Waals surface area contributed by atoms with Gasteiger partial charge in [-0.05, 0) is 54.7 Å². The van der Waals surface area contributed by atoms with Crippen LogP contribution in [0.4, 0.5) is 0 Å². The number of phenols is 1. The van der Waals surface area contributed by atoms with E-state index in [9.17, 15) is 9.90 Å². The van der Waals surface area contributed by atoms with Crippen molar-refractivity contribution in [3.63, 3.8) is 0 Å². The van der Waals surface area contributed by atoms with Gasteiger partial charge >= 0.3 is 5.97 Å². The molecule has 0 bridgehead atoms. The largest absolute Gasteiger partial charge is 0.504 e. The Hall–Kier alpha value is -2.95. The zero-order valence-corrected chi connectivity index (χ0v) is 15.9. The Balaban J connectivity index is 1.45. The normalized spacial score (nSPS) is 23.4. The smallest absolute Gasteiger partial charge is 0.313 e. The molecule has 4 rings (SSSR count). The number of aromatic hydroxyl groups is 1. The quantitative estimate of drug-likeness (QED) is 0.605. The van der Waals surface area contributed by atoms with Gasteiger partial charge in [-0.2, -0.15) is 0 Å². The lowest BCUT2D eigenvalue weighted by Gasteiger charge is -2.24. The first-order chi connectivity index (χ1) is 13.5. The molecule has 28 heavy (non-hydrogen) atoms. The second kappa shape index (κ2) is 7.23. The standard InChI is InChI=1S/C23H24O5/c1-15-9-18-14-28-22(25)23(18,11-15)12-17-5-8-21(20(24)10-17)27-13-16-3-6-19(26-2)7-4-16/h3-8,10,18,24H,1,9,11-14H2,2H3. The maximum atomic E-state index is 12.4. The lowest BCUT2D eigenvalue weighted by atomic mass is 9.75. The van der Waals surface area contributed by atoms with Crippen LogP contribution in [-0.2, 0) is 22.6 Å². The minimum absolute atomic E-state index is 0.0714. The fourth-order valence-electron chi connectivity index (χ4n) is 4.30. The van der Waals surface area contributed by atoms with Crippen LogP contribution in [0, 0.1) is 11.3 Å². The first-order valence-electron chi connectivity index (χ1n) is 9.42. The average molecular weight is 380 g/mol. The molecule has 2 aromatic rings. The molecule has 2 atom stereocenters. The molecule has 2 unspecified atom stereocenters. The molecule has 2 aliphatic rings. The van der Waals surface area contributed by atoms with Gasteiger partial charge in [-0.1, -0.05) is 30.4 Å². The SMILES string of the molecule is C=C1CC2COC(=O)C2(Cc2ccc(OCc3ccc(OC)cc3)c(O)c2)C1. The molecule has 146 valence electrons. The van der Waals surface area contributed by atoms with Crippen LogP contribution in [0.5, 0.6) is 17.2 Å². The monoisotopic (exact) mass is 380 g/mol. The molecule has 1 saturated carbocycles. The van der Waals surface area contributed by atoms with Crippen molar-refractivity contribution < 1.29 is 24.1 Å². The summed E-state index contributed by atoms with van der Waals surface area (Å²) < 4.78 is 16.2. The van der Waals surface area contributed by atoms with E-state index >= 15 is 0 Å². The van der Waals surface area contributed by atoms with E-state index in [1.54, 1.807) is 19.2 Å². The van der Waals surface area contributed by atoms with E-state index in [0.717, 1.165) is 28.9 Å². The van der Waals surface area contributed by atoms with Crippen LogP contribution in [0.15, 0.2) is 54.6 Å². The zero-order valence-electron chi connectivity index (χ0n) is 15.9. The zero-order chi connectivity index (χ0) is 19.7. The lowest BCUT2D eigenvalue weighted by Crippen LogP contribution is -2.31. The van der Waals surface area contributed by atoms with Gasteiger partial charge in [0.2, 0.25) is 0 Å². The molecular formula is C23H24O5. The van der Waals surface area contributed by atoms with Crippen molar-refractivity contribution in [3.05, 3.63) is 65.7 Å². The highest BCUT2D eigenvalue weighted by atomic mass is 16.5. The van der Waals surface area contributed by atoms with Gasteiger partial charge in [0, 0.05) is 5.92 Å². The number of phenolic OH excluding ortho intramolecular Hbond substituents is 1. The fourth-order valence-corrected chi connectivity index (χ4v) is 4.30. The Morgan fingerprint density at radius 2 is 1.96 bits per heavy atom. The fraction of sp³-hybridized carbons (Fsp3) is 0.348. The second-order valence-corrected chi connectivity index (χ2v) is 7.70. The van der Waals surface area contributed by atoms with Gasteiger partial charge in [-0.3, -0.25) is 4.79 Å². The summed E-state index contributed by atoms with van der Waals surface area (Å²) in [5.41, 5.74) is 2.44. The maximum Gasteiger partial charge on any atom is 0.313 e. The Kier molecular flexibility index (Phi) is 4.75. The van der Waals surface area contributed by atoms with E-state index in [1.165, 1.54) is 0 Å². The number of methoxy groups -OCH3 is 1. The van der Waals surface area contributed by atoms with Crippen LogP contribution in [0.25, 0.3) is 0 Å². The summed E-state index contributed by atoms with van der Waals surface area (Å²) in [5, 5.41) is 10.4. The molecule has 5 nitrogen and oxygen atoms in total. The summed E-state index contributed by atoms with van der Waals surface area (Å²) in [6.07, 6.45) is 2.04. The minimum Gasteiger partial charge on any atom is -0.504 e. The predicted molar refractivity (Wildman–Crippen MR) is 104 cm³/mol. The van der Waals surface area contributed by atoms with Crippen molar-refractivity contribution in [1.82, 2.24) is 0 Å². The molecule has 0 aromatic heterocycles. The number of rotatable bonds is 6.